The highest BCUT2D eigenvalue weighted by Crippen LogP contribution is 2.34. The van der Waals surface area contributed by atoms with Gasteiger partial charge in [0.05, 0.1) is 6.61 Å². The molecule has 1 aromatic carbocycles. The van der Waals surface area contributed by atoms with E-state index in [1.807, 2.05) is 45.0 Å². The fourth-order valence-electron chi connectivity index (χ4n) is 1.82. The van der Waals surface area contributed by atoms with Gasteiger partial charge in [0, 0.05) is 12.0 Å². The first-order valence-corrected chi connectivity index (χ1v) is 6.07. The Morgan fingerprint density at radius 2 is 2.06 bits per heavy atom. The molecule has 0 spiro atoms. The summed E-state index contributed by atoms with van der Waals surface area (Å²) in [5.41, 5.74) is 0.358. The van der Waals surface area contributed by atoms with E-state index in [-0.39, 0.29) is 6.10 Å². The normalized spacial score (nSPS) is 18.5. The lowest BCUT2D eigenvalue weighted by Crippen LogP contribution is -2.27. The van der Waals surface area contributed by atoms with Gasteiger partial charge in [0.15, 0.2) is 0 Å². The summed E-state index contributed by atoms with van der Waals surface area (Å²) in [5.74, 6) is 0.775. The van der Waals surface area contributed by atoms with Crippen molar-refractivity contribution >= 4 is 6.16 Å². The third-order valence-electron chi connectivity index (χ3n) is 2.53. The Labute approximate surface area is 107 Å². The second-order valence-electron chi connectivity index (χ2n) is 5.25. The molecule has 98 valence electrons. The summed E-state index contributed by atoms with van der Waals surface area (Å²) >= 11 is 0. The molecule has 4 heteroatoms. The van der Waals surface area contributed by atoms with Crippen molar-refractivity contribution in [1.29, 1.82) is 0 Å². The van der Waals surface area contributed by atoms with Crippen LogP contribution in [0, 0.1) is 0 Å². The summed E-state index contributed by atoms with van der Waals surface area (Å²) < 4.78 is 16.0. The standard InChI is InChI=1S/C14H18O4/c1-14(2,3)18-13(15)17-12-8-9-16-11-7-5-4-6-10(11)12/h4-7,12H,8-9H2,1-3H3/t12-/m0/s1. The van der Waals surface area contributed by atoms with Gasteiger partial charge in [-0.05, 0) is 26.8 Å². The fourth-order valence-corrected chi connectivity index (χ4v) is 1.82. The lowest BCUT2D eigenvalue weighted by atomic mass is 10.0. The third kappa shape index (κ3) is 3.15. The van der Waals surface area contributed by atoms with Crippen molar-refractivity contribution in [2.45, 2.75) is 38.9 Å². The van der Waals surface area contributed by atoms with Crippen LogP contribution in [0.1, 0.15) is 38.9 Å². The quantitative estimate of drug-likeness (QED) is 0.716. The van der Waals surface area contributed by atoms with Crippen LogP contribution in [-0.2, 0) is 9.47 Å². The Balaban J connectivity index is 2.05. The molecule has 4 nitrogen and oxygen atoms in total. The minimum absolute atomic E-state index is 0.287. The summed E-state index contributed by atoms with van der Waals surface area (Å²) in [6.07, 6.45) is -0.273. The van der Waals surface area contributed by atoms with Gasteiger partial charge in [-0.1, -0.05) is 18.2 Å². The average molecular weight is 250 g/mol. The van der Waals surface area contributed by atoms with Crippen LogP contribution in [0.15, 0.2) is 24.3 Å². The number of fused-ring (bicyclic) bond motifs is 1. The molecule has 0 saturated carbocycles. The summed E-state index contributed by atoms with van der Waals surface area (Å²) in [6, 6.07) is 7.58. The molecular formula is C14H18O4. The molecule has 1 aliphatic heterocycles. The summed E-state index contributed by atoms with van der Waals surface area (Å²) in [4.78, 5) is 11.7. The van der Waals surface area contributed by atoms with E-state index in [4.69, 9.17) is 14.2 Å². The Morgan fingerprint density at radius 1 is 1.33 bits per heavy atom. The van der Waals surface area contributed by atoms with Crippen LogP contribution in [0.5, 0.6) is 5.75 Å². The Hall–Kier alpha value is -1.71. The predicted molar refractivity (Wildman–Crippen MR) is 66.6 cm³/mol. The van der Waals surface area contributed by atoms with Gasteiger partial charge in [0.1, 0.15) is 17.5 Å². The van der Waals surface area contributed by atoms with Gasteiger partial charge in [0.2, 0.25) is 0 Å². The zero-order valence-electron chi connectivity index (χ0n) is 10.9. The van der Waals surface area contributed by atoms with Gasteiger partial charge >= 0.3 is 6.16 Å². The molecular weight excluding hydrogens is 232 g/mol. The van der Waals surface area contributed by atoms with Crippen LogP contribution in [-0.4, -0.2) is 18.4 Å². The molecule has 0 radical (unpaired) electrons. The summed E-state index contributed by atoms with van der Waals surface area (Å²) in [6.45, 7) is 5.98. The molecule has 0 saturated heterocycles. The van der Waals surface area contributed by atoms with Crippen molar-refractivity contribution < 1.29 is 19.0 Å². The van der Waals surface area contributed by atoms with E-state index in [1.54, 1.807) is 0 Å². The van der Waals surface area contributed by atoms with E-state index in [0.717, 1.165) is 11.3 Å². The zero-order valence-corrected chi connectivity index (χ0v) is 10.9. The molecule has 0 unspecified atom stereocenters. The van der Waals surface area contributed by atoms with Gasteiger partial charge in [0.25, 0.3) is 0 Å². The molecule has 18 heavy (non-hydrogen) atoms. The van der Waals surface area contributed by atoms with Gasteiger partial charge in [-0.15, -0.1) is 0 Å². The maximum atomic E-state index is 11.7. The van der Waals surface area contributed by atoms with Crippen molar-refractivity contribution in [1.82, 2.24) is 0 Å². The molecule has 1 aliphatic rings. The largest absolute Gasteiger partial charge is 0.509 e. The number of carbonyl (C=O) groups excluding carboxylic acids is 1. The van der Waals surface area contributed by atoms with E-state index in [1.165, 1.54) is 0 Å². The molecule has 0 N–H and O–H groups in total. The van der Waals surface area contributed by atoms with Crippen LogP contribution in [0.25, 0.3) is 0 Å². The monoisotopic (exact) mass is 250 g/mol. The molecule has 1 heterocycles. The number of carbonyl (C=O) groups is 1. The average Bonchev–Trinajstić information content (AvgIpc) is 2.27. The molecule has 0 amide bonds. The highest BCUT2D eigenvalue weighted by Gasteiger charge is 2.27. The second-order valence-corrected chi connectivity index (χ2v) is 5.25. The minimum Gasteiger partial charge on any atom is -0.493 e. The van der Waals surface area contributed by atoms with Crippen molar-refractivity contribution in [3.05, 3.63) is 29.8 Å². The molecule has 2 rings (SSSR count). The van der Waals surface area contributed by atoms with Crippen LogP contribution in [0.2, 0.25) is 0 Å². The molecule has 0 aromatic heterocycles. The number of hydrogen-bond donors (Lipinski definition) is 0. The van der Waals surface area contributed by atoms with E-state index >= 15 is 0 Å². The van der Waals surface area contributed by atoms with Gasteiger partial charge < -0.3 is 14.2 Å². The first kappa shape index (κ1) is 12.7. The number of para-hydroxylation sites is 1. The first-order chi connectivity index (χ1) is 8.46. The highest BCUT2D eigenvalue weighted by atomic mass is 16.7. The van der Waals surface area contributed by atoms with Gasteiger partial charge in [-0.2, -0.15) is 0 Å². The van der Waals surface area contributed by atoms with E-state index in [9.17, 15) is 4.79 Å². The number of rotatable bonds is 1. The van der Waals surface area contributed by atoms with Crippen molar-refractivity contribution in [3.63, 3.8) is 0 Å². The number of hydrogen-bond acceptors (Lipinski definition) is 4. The minimum atomic E-state index is -0.635. The highest BCUT2D eigenvalue weighted by molar-refractivity contribution is 5.61. The summed E-state index contributed by atoms with van der Waals surface area (Å²) in [5, 5.41) is 0. The van der Waals surface area contributed by atoms with Crippen molar-refractivity contribution in [2.75, 3.05) is 6.61 Å². The molecule has 0 aliphatic carbocycles. The van der Waals surface area contributed by atoms with E-state index in [2.05, 4.69) is 0 Å². The smallest absolute Gasteiger partial charge is 0.493 e. The van der Waals surface area contributed by atoms with Crippen molar-refractivity contribution in [2.24, 2.45) is 0 Å². The Morgan fingerprint density at radius 3 is 2.78 bits per heavy atom. The van der Waals surface area contributed by atoms with Crippen LogP contribution < -0.4 is 4.74 Å². The topological polar surface area (TPSA) is 44.8 Å². The second kappa shape index (κ2) is 4.88. The van der Waals surface area contributed by atoms with Crippen LogP contribution in [0.4, 0.5) is 4.79 Å². The van der Waals surface area contributed by atoms with Crippen LogP contribution in [0.3, 0.4) is 0 Å². The molecule has 1 aromatic rings. The van der Waals surface area contributed by atoms with E-state index in [0.29, 0.717) is 13.0 Å². The van der Waals surface area contributed by atoms with Gasteiger partial charge in [-0.25, -0.2) is 4.79 Å². The lowest BCUT2D eigenvalue weighted by molar-refractivity contribution is -0.0346. The van der Waals surface area contributed by atoms with Gasteiger partial charge in [-0.3, -0.25) is 0 Å². The fraction of sp³-hybridized carbons (Fsp3) is 0.500. The molecule has 0 fully saturated rings. The Bertz CT molecular complexity index is 434. The Kier molecular flexibility index (Phi) is 3.45. The summed E-state index contributed by atoms with van der Waals surface area (Å²) in [7, 11) is 0. The lowest BCUT2D eigenvalue weighted by Gasteiger charge is -2.27. The van der Waals surface area contributed by atoms with Crippen molar-refractivity contribution in [3.8, 4) is 5.75 Å². The van der Waals surface area contributed by atoms with E-state index < -0.39 is 11.8 Å². The zero-order chi connectivity index (χ0) is 13.2. The predicted octanol–water partition coefficient (Wildman–Crippen LogP) is 3.46. The molecule has 0 bridgehead atoms. The van der Waals surface area contributed by atoms with Crippen LogP contribution >= 0.6 is 0 Å². The third-order valence-corrected chi connectivity index (χ3v) is 2.53. The maximum absolute atomic E-state index is 11.7. The number of ether oxygens (including phenoxy) is 3. The number of benzene rings is 1. The SMILES string of the molecule is CC(C)(C)OC(=O)O[C@H]1CCOc2ccccc21. The maximum Gasteiger partial charge on any atom is 0.509 e. The molecule has 1 atom stereocenters. The first-order valence-electron chi connectivity index (χ1n) is 6.07.